The molecule has 0 bridgehead atoms. The normalized spacial score (nSPS) is 9.35. The lowest BCUT2D eigenvalue weighted by molar-refractivity contribution is 0.324. The summed E-state index contributed by atoms with van der Waals surface area (Å²) in [5, 5.41) is 3.09. The zero-order valence-electron chi connectivity index (χ0n) is 9.96. The van der Waals surface area contributed by atoms with Gasteiger partial charge in [0.1, 0.15) is 6.61 Å². The van der Waals surface area contributed by atoms with Crippen molar-refractivity contribution in [1.29, 1.82) is 0 Å². The Hall–Kier alpha value is -0.710. The summed E-state index contributed by atoms with van der Waals surface area (Å²) in [4.78, 5) is 0. The van der Waals surface area contributed by atoms with Crippen molar-refractivity contribution in [1.82, 2.24) is 5.32 Å². The second kappa shape index (κ2) is 8.39. The second-order valence-corrected chi connectivity index (χ2v) is 4.09. The van der Waals surface area contributed by atoms with Crippen LogP contribution in [0.2, 0.25) is 0 Å². The molecule has 0 spiro atoms. The number of nitrogens with one attached hydrogen (secondary N) is 1. The first-order valence-corrected chi connectivity index (χ1v) is 5.77. The minimum absolute atomic E-state index is 0. The molecule has 0 aliphatic rings. The Labute approximate surface area is 117 Å². The number of methoxy groups -OCH3 is 1. The summed E-state index contributed by atoms with van der Waals surface area (Å²) in [6.45, 7) is 4.86. The van der Waals surface area contributed by atoms with E-state index in [1.54, 1.807) is 13.2 Å². The molecule has 0 fully saturated rings. The summed E-state index contributed by atoms with van der Waals surface area (Å²) >= 11 is 3.47. The van der Waals surface area contributed by atoms with Crippen LogP contribution in [0.1, 0.15) is 5.56 Å². The average molecular weight is 323 g/mol. The molecule has 0 aliphatic heterocycles. The maximum atomic E-state index is 5.53. The zero-order chi connectivity index (χ0) is 12.0. The van der Waals surface area contributed by atoms with Crippen LogP contribution in [0, 0.1) is 0 Å². The van der Waals surface area contributed by atoms with Crippen LogP contribution in [0.15, 0.2) is 29.3 Å². The Morgan fingerprint density at radius 3 is 2.71 bits per heavy atom. The number of ether oxygens (including phenoxy) is 2. The summed E-state index contributed by atoms with van der Waals surface area (Å²) in [5.41, 5.74) is 1.14. The van der Waals surface area contributed by atoms with Crippen molar-refractivity contribution in [3.05, 3.63) is 34.8 Å². The molecule has 96 valence electrons. The van der Waals surface area contributed by atoms with Crippen LogP contribution in [0.5, 0.6) is 11.5 Å². The SMILES string of the molecule is C=CCOc1c(Br)cc(CNC)cc1OC.Cl. The van der Waals surface area contributed by atoms with Gasteiger partial charge in [-0.05, 0) is 40.7 Å². The molecule has 1 aromatic carbocycles. The number of hydrogen-bond acceptors (Lipinski definition) is 3. The Kier molecular flexibility index (Phi) is 8.04. The first kappa shape index (κ1) is 16.3. The van der Waals surface area contributed by atoms with Crippen molar-refractivity contribution >= 4 is 28.3 Å². The van der Waals surface area contributed by atoms with Gasteiger partial charge in [0, 0.05) is 6.54 Å². The molecule has 17 heavy (non-hydrogen) atoms. The third-order valence-corrected chi connectivity index (χ3v) is 2.60. The van der Waals surface area contributed by atoms with Gasteiger partial charge in [0.2, 0.25) is 0 Å². The van der Waals surface area contributed by atoms with E-state index in [1.165, 1.54) is 0 Å². The molecule has 1 rings (SSSR count). The van der Waals surface area contributed by atoms with E-state index in [0.29, 0.717) is 12.4 Å². The molecule has 0 atom stereocenters. The molecule has 0 unspecified atom stereocenters. The quantitative estimate of drug-likeness (QED) is 0.816. The van der Waals surface area contributed by atoms with E-state index >= 15 is 0 Å². The van der Waals surface area contributed by atoms with Crippen LogP contribution >= 0.6 is 28.3 Å². The monoisotopic (exact) mass is 321 g/mol. The van der Waals surface area contributed by atoms with Crippen molar-refractivity contribution < 1.29 is 9.47 Å². The lowest BCUT2D eigenvalue weighted by Crippen LogP contribution is -2.06. The molecule has 5 heteroatoms. The maximum absolute atomic E-state index is 5.53. The molecule has 0 amide bonds. The predicted molar refractivity (Wildman–Crippen MR) is 76.4 cm³/mol. The summed E-state index contributed by atoms with van der Waals surface area (Å²) in [7, 11) is 3.54. The van der Waals surface area contributed by atoms with Crippen LogP contribution < -0.4 is 14.8 Å². The standard InChI is InChI=1S/C12H16BrNO2.ClH/c1-4-5-16-12-10(13)6-9(8-14-2)7-11(12)15-3;/h4,6-7,14H,1,5,8H2,2-3H3;1H. The van der Waals surface area contributed by atoms with E-state index in [0.717, 1.165) is 22.3 Å². The van der Waals surface area contributed by atoms with Gasteiger partial charge in [-0.2, -0.15) is 0 Å². The number of benzene rings is 1. The molecule has 0 radical (unpaired) electrons. The van der Waals surface area contributed by atoms with Crippen LogP contribution in [0.25, 0.3) is 0 Å². The van der Waals surface area contributed by atoms with Gasteiger partial charge in [0.25, 0.3) is 0 Å². The highest BCUT2D eigenvalue weighted by Crippen LogP contribution is 2.36. The van der Waals surface area contributed by atoms with Crippen LogP contribution in [-0.2, 0) is 6.54 Å². The van der Waals surface area contributed by atoms with E-state index in [9.17, 15) is 0 Å². The van der Waals surface area contributed by atoms with Crippen molar-refractivity contribution in [2.45, 2.75) is 6.54 Å². The summed E-state index contributed by atoms with van der Waals surface area (Å²) in [6.07, 6.45) is 1.70. The molecular weight excluding hydrogens is 305 g/mol. The highest BCUT2D eigenvalue weighted by molar-refractivity contribution is 9.10. The smallest absolute Gasteiger partial charge is 0.175 e. The zero-order valence-corrected chi connectivity index (χ0v) is 12.4. The van der Waals surface area contributed by atoms with E-state index < -0.39 is 0 Å². The first-order valence-electron chi connectivity index (χ1n) is 4.97. The van der Waals surface area contributed by atoms with Gasteiger partial charge >= 0.3 is 0 Å². The minimum atomic E-state index is 0. The van der Waals surface area contributed by atoms with Crippen LogP contribution in [0.4, 0.5) is 0 Å². The Morgan fingerprint density at radius 2 is 2.18 bits per heavy atom. The molecule has 0 saturated heterocycles. The fourth-order valence-electron chi connectivity index (χ4n) is 1.36. The fourth-order valence-corrected chi connectivity index (χ4v) is 1.97. The third kappa shape index (κ3) is 4.58. The van der Waals surface area contributed by atoms with Gasteiger partial charge in [-0.25, -0.2) is 0 Å². The van der Waals surface area contributed by atoms with Crippen molar-refractivity contribution in [3.8, 4) is 11.5 Å². The van der Waals surface area contributed by atoms with Crippen molar-refractivity contribution in [2.24, 2.45) is 0 Å². The van der Waals surface area contributed by atoms with Crippen LogP contribution in [-0.4, -0.2) is 20.8 Å². The molecule has 1 N–H and O–H groups in total. The van der Waals surface area contributed by atoms with E-state index in [2.05, 4.69) is 27.8 Å². The molecule has 0 aromatic heterocycles. The molecule has 1 aromatic rings. The Morgan fingerprint density at radius 1 is 1.47 bits per heavy atom. The minimum Gasteiger partial charge on any atom is -0.493 e. The lowest BCUT2D eigenvalue weighted by Gasteiger charge is -2.13. The second-order valence-electron chi connectivity index (χ2n) is 3.24. The maximum Gasteiger partial charge on any atom is 0.175 e. The first-order chi connectivity index (χ1) is 7.72. The summed E-state index contributed by atoms with van der Waals surface area (Å²) < 4.78 is 11.7. The van der Waals surface area contributed by atoms with E-state index in [1.807, 2.05) is 19.2 Å². The summed E-state index contributed by atoms with van der Waals surface area (Å²) in [6, 6.07) is 3.97. The highest BCUT2D eigenvalue weighted by atomic mass is 79.9. The van der Waals surface area contributed by atoms with Crippen molar-refractivity contribution in [3.63, 3.8) is 0 Å². The molecule has 0 aliphatic carbocycles. The fraction of sp³-hybridized carbons (Fsp3) is 0.333. The van der Waals surface area contributed by atoms with Gasteiger partial charge in [0.05, 0.1) is 11.6 Å². The topological polar surface area (TPSA) is 30.5 Å². The molecule has 0 heterocycles. The van der Waals surface area contributed by atoms with E-state index in [-0.39, 0.29) is 12.4 Å². The predicted octanol–water partition coefficient (Wildman–Crippen LogP) is 3.16. The Bertz CT molecular complexity index is 372. The van der Waals surface area contributed by atoms with Gasteiger partial charge in [0.15, 0.2) is 11.5 Å². The van der Waals surface area contributed by atoms with E-state index in [4.69, 9.17) is 9.47 Å². The molecular formula is C12H17BrClNO2. The molecule has 3 nitrogen and oxygen atoms in total. The largest absolute Gasteiger partial charge is 0.493 e. The summed E-state index contributed by atoms with van der Waals surface area (Å²) in [5.74, 6) is 1.43. The highest BCUT2D eigenvalue weighted by Gasteiger charge is 2.10. The van der Waals surface area contributed by atoms with Gasteiger partial charge < -0.3 is 14.8 Å². The van der Waals surface area contributed by atoms with Crippen LogP contribution in [0.3, 0.4) is 0 Å². The Balaban J connectivity index is 0.00000256. The van der Waals surface area contributed by atoms with Gasteiger partial charge in [-0.3, -0.25) is 0 Å². The third-order valence-electron chi connectivity index (χ3n) is 2.02. The van der Waals surface area contributed by atoms with Gasteiger partial charge in [-0.15, -0.1) is 12.4 Å². The molecule has 0 saturated carbocycles. The average Bonchev–Trinajstić information content (AvgIpc) is 2.27. The van der Waals surface area contributed by atoms with Crippen molar-refractivity contribution in [2.75, 3.05) is 20.8 Å². The lowest BCUT2D eigenvalue weighted by atomic mass is 10.2. The number of hydrogen-bond donors (Lipinski definition) is 1. The van der Waals surface area contributed by atoms with Gasteiger partial charge in [-0.1, -0.05) is 12.7 Å². The number of rotatable bonds is 6. The number of halogens is 2.